The van der Waals surface area contributed by atoms with Gasteiger partial charge in [-0.3, -0.25) is 0 Å². The summed E-state index contributed by atoms with van der Waals surface area (Å²) < 4.78 is 0.627. The number of benzene rings is 1. The highest BCUT2D eigenvalue weighted by Gasteiger charge is 2.13. The Morgan fingerprint density at radius 2 is 2.00 bits per heavy atom. The van der Waals surface area contributed by atoms with Gasteiger partial charge in [-0.2, -0.15) is 0 Å². The minimum atomic E-state index is -0.103. The second-order valence-electron chi connectivity index (χ2n) is 3.37. The molecule has 0 radical (unpaired) electrons. The van der Waals surface area contributed by atoms with E-state index in [1.54, 1.807) is 24.3 Å². The molecule has 0 spiro atoms. The van der Waals surface area contributed by atoms with E-state index in [2.05, 4.69) is 5.16 Å². The van der Waals surface area contributed by atoms with E-state index in [4.69, 9.17) is 16.8 Å². The number of hydrogen-bond donors (Lipinski definition) is 2. The van der Waals surface area contributed by atoms with Crippen molar-refractivity contribution in [2.45, 2.75) is 6.61 Å². The fraction of sp³-hybridized carbons (Fsp3) is 0.0833. The van der Waals surface area contributed by atoms with Crippen LogP contribution in [0.4, 0.5) is 0 Å². The van der Waals surface area contributed by atoms with E-state index in [-0.39, 0.29) is 6.61 Å². The molecule has 0 aliphatic heterocycles. The van der Waals surface area contributed by atoms with Crippen LogP contribution in [0.1, 0.15) is 16.0 Å². The molecule has 0 bridgehead atoms. The number of nitrogens with zero attached hydrogens (tertiary/aromatic N) is 1. The molecule has 0 saturated carbocycles. The first kappa shape index (κ1) is 12.1. The van der Waals surface area contributed by atoms with Crippen molar-refractivity contribution in [1.82, 2.24) is 0 Å². The molecule has 1 aromatic carbocycles. The van der Waals surface area contributed by atoms with Gasteiger partial charge in [-0.15, -0.1) is 11.3 Å². The molecule has 17 heavy (non-hydrogen) atoms. The molecule has 0 atom stereocenters. The highest BCUT2D eigenvalue weighted by atomic mass is 35.5. The third-order valence-electron chi connectivity index (χ3n) is 2.35. The fourth-order valence-electron chi connectivity index (χ4n) is 1.57. The lowest BCUT2D eigenvalue weighted by Gasteiger charge is -2.07. The van der Waals surface area contributed by atoms with Gasteiger partial charge in [0, 0.05) is 5.56 Å². The minimum Gasteiger partial charge on any atom is -0.410 e. The largest absolute Gasteiger partial charge is 0.410 e. The molecule has 88 valence electrons. The summed E-state index contributed by atoms with van der Waals surface area (Å²) in [7, 11) is 0. The molecule has 5 heteroatoms. The molecule has 2 aromatic rings. The van der Waals surface area contributed by atoms with E-state index in [9.17, 15) is 5.11 Å². The number of hydrogen-bond acceptors (Lipinski definition) is 4. The van der Waals surface area contributed by atoms with Gasteiger partial charge in [0.05, 0.1) is 15.8 Å². The van der Waals surface area contributed by atoms with Gasteiger partial charge in [0.15, 0.2) is 0 Å². The molecule has 0 aliphatic rings. The molecule has 2 N–H and O–H groups in total. The van der Waals surface area contributed by atoms with Crippen LogP contribution in [0.15, 0.2) is 41.6 Å². The highest BCUT2D eigenvalue weighted by Crippen LogP contribution is 2.25. The standard InChI is InChI=1S/C12H10ClNO2S/c13-11-6-5-10(17-11)12(14-16)9-4-2-1-3-8(9)7-15/h1-6,15-16H,7H2. The maximum atomic E-state index is 9.26. The lowest BCUT2D eigenvalue weighted by atomic mass is 10.0. The van der Waals surface area contributed by atoms with E-state index in [0.29, 0.717) is 21.2 Å². The minimum absolute atomic E-state index is 0.103. The summed E-state index contributed by atoms with van der Waals surface area (Å²) >= 11 is 7.18. The van der Waals surface area contributed by atoms with Crippen molar-refractivity contribution in [2.24, 2.45) is 5.16 Å². The normalized spacial score (nSPS) is 11.8. The number of halogens is 1. The molecule has 0 unspecified atom stereocenters. The Morgan fingerprint density at radius 3 is 2.59 bits per heavy atom. The van der Waals surface area contributed by atoms with Gasteiger partial charge >= 0.3 is 0 Å². The lowest BCUT2D eigenvalue weighted by Crippen LogP contribution is -2.05. The first-order valence-corrected chi connectivity index (χ1v) is 6.12. The molecule has 1 aromatic heterocycles. The number of oxime groups is 1. The van der Waals surface area contributed by atoms with E-state index in [1.165, 1.54) is 11.3 Å². The number of aliphatic hydroxyl groups excluding tert-OH is 1. The lowest BCUT2D eigenvalue weighted by molar-refractivity contribution is 0.281. The smallest absolute Gasteiger partial charge is 0.127 e. The van der Waals surface area contributed by atoms with Crippen LogP contribution in [-0.2, 0) is 6.61 Å². The monoisotopic (exact) mass is 267 g/mol. The third-order valence-corrected chi connectivity index (χ3v) is 3.59. The molecule has 0 amide bonds. The van der Waals surface area contributed by atoms with Crippen molar-refractivity contribution in [3.8, 4) is 0 Å². The van der Waals surface area contributed by atoms with E-state index >= 15 is 0 Å². The third kappa shape index (κ3) is 2.49. The average molecular weight is 268 g/mol. The number of aliphatic hydroxyl groups is 1. The molecular weight excluding hydrogens is 258 g/mol. The molecule has 0 aliphatic carbocycles. The van der Waals surface area contributed by atoms with Crippen LogP contribution >= 0.6 is 22.9 Å². The van der Waals surface area contributed by atoms with Crippen LogP contribution in [0.5, 0.6) is 0 Å². The van der Waals surface area contributed by atoms with Gasteiger partial charge in [0.2, 0.25) is 0 Å². The number of thiophene rings is 1. The first-order chi connectivity index (χ1) is 8.26. The van der Waals surface area contributed by atoms with Gasteiger partial charge in [-0.25, -0.2) is 0 Å². The zero-order valence-electron chi connectivity index (χ0n) is 8.80. The Morgan fingerprint density at radius 1 is 1.24 bits per heavy atom. The van der Waals surface area contributed by atoms with Gasteiger partial charge in [-0.1, -0.05) is 41.0 Å². The van der Waals surface area contributed by atoms with Crippen molar-refractivity contribution < 1.29 is 10.3 Å². The molecule has 3 nitrogen and oxygen atoms in total. The molecular formula is C12H10ClNO2S. The van der Waals surface area contributed by atoms with Crippen molar-refractivity contribution in [1.29, 1.82) is 0 Å². The van der Waals surface area contributed by atoms with Crippen LogP contribution in [0.2, 0.25) is 4.34 Å². The van der Waals surface area contributed by atoms with Crippen LogP contribution in [0.3, 0.4) is 0 Å². The Labute approximate surface area is 108 Å². The summed E-state index contributed by atoms with van der Waals surface area (Å²) in [6, 6.07) is 10.8. The van der Waals surface area contributed by atoms with Gasteiger partial charge in [0.1, 0.15) is 5.71 Å². The van der Waals surface area contributed by atoms with E-state index in [1.807, 2.05) is 12.1 Å². The summed E-state index contributed by atoms with van der Waals surface area (Å²) in [4.78, 5) is 0.762. The average Bonchev–Trinajstić information content (AvgIpc) is 2.77. The number of rotatable bonds is 3. The van der Waals surface area contributed by atoms with Crippen molar-refractivity contribution in [3.63, 3.8) is 0 Å². The Balaban J connectivity index is 2.50. The molecule has 1 heterocycles. The molecule has 0 saturated heterocycles. The second kappa shape index (κ2) is 5.31. The van der Waals surface area contributed by atoms with Crippen LogP contribution in [-0.4, -0.2) is 16.0 Å². The molecule has 2 rings (SSSR count). The maximum absolute atomic E-state index is 9.26. The molecule has 0 fully saturated rings. The first-order valence-electron chi connectivity index (χ1n) is 4.93. The van der Waals surface area contributed by atoms with E-state index < -0.39 is 0 Å². The highest BCUT2D eigenvalue weighted by molar-refractivity contribution is 7.18. The van der Waals surface area contributed by atoms with Crippen LogP contribution in [0.25, 0.3) is 0 Å². The van der Waals surface area contributed by atoms with Gasteiger partial charge in [0.25, 0.3) is 0 Å². The quantitative estimate of drug-likeness (QED) is 0.510. The van der Waals surface area contributed by atoms with Crippen molar-refractivity contribution >= 4 is 28.6 Å². The Bertz CT molecular complexity index is 551. The van der Waals surface area contributed by atoms with Crippen molar-refractivity contribution in [2.75, 3.05) is 0 Å². The SMILES string of the molecule is OCc1ccccc1C(=NO)c1ccc(Cl)s1. The summed E-state index contributed by atoms with van der Waals surface area (Å²) in [6.45, 7) is -0.103. The maximum Gasteiger partial charge on any atom is 0.127 e. The zero-order chi connectivity index (χ0) is 12.3. The Kier molecular flexibility index (Phi) is 3.78. The Hall–Kier alpha value is -1.36. The predicted molar refractivity (Wildman–Crippen MR) is 69.1 cm³/mol. The predicted octanol–water partition coefficient (Wildman–Crippen LogP) is 3.12. The van der Waals surface area contributed by atoms with E-state index in [0.717, 1.165) is 4.88 Å². The van der Waals surface area contributed by atoms with Crippen molar-refractivity contribution in [3.05, 3.63) is 56.7 Å². The summed E-state index contributed by atoms with van der Waals surface area (Å²) in [6.07, 6.45) is 0. The second-order valence-corrected chi connectivity index (χ2v) is 5.08. The summed E-state index contributed by atoms with van der Waals surface area (Å²) in [5, 5.41) is 21.7. The zero-order valence-corrected chi connectivity index (χ0v) is 10.4. The fourth-order valence-corrected chi connectivity index (χ4v) is 2.61. The topological polar surface area (TPSA) is 52.8 Å². The summed E-state index contributed by atoms with van der Waals surface area (Å²) in [5.74, 6) is 0. The van der Waals surface area contributed by atoms with Crippen LogP contribution < -0.4 is 0 Å². The summed E-state index contributed by atoms with van der Waals surface area (Å²) in [5.41, 5.74) is 1.84. The van der Waals surface area contributed by atoms with Gasteiger partial charge < -0.3 is 10.3 Å². The van der Waals surface area contributed by atoms with Gasteiger partial charge in [-0.05, 0) is 17.7 Å². The van der Waals surface area contributed by atoms with Crippen LogP contribution in [0, 0.1) is 0 Å².